The zero-order valence-electron chi connectivity index (χ0n) is 9.33. The van der Waals surface area contributed by atoms with Crippen molar-refractivity contribution in [2.24, 2.45) is 5.92 Å². The van der Waals surface area contributed by atoms with E-state index in [1.165, 1.54) is 19.2 Å². The van der Waals surface area contributed by atoms with Crippen LogP contribution in [0.4, 0.5) is 10.1 Å². The number of benzene rings is 1. The fourth-order valence-corrected chi connectivity index (χ4v) is 1.45. The highest BCUT2D eigenvalue weighted by molar-refractivity contribution is 5.96. The van der Waals surface area contributed by atoms with Gasteiger partial charge in [-0.25, -0.2) is 9.18 Å². The van der Waals surface area contributed by atoms with Gasteiger partial charge in [0.2, 0.25) is 5.91 Å². The Bertz CT molecular complexity index is 469. The molecular weight excluding hydrogens is 225 g/mol. The van der Waals surface area contributed by atoms with Crippen LogP contribution in [0.15, 0.2) is 18.2 Å². The van der Waals surface area contributed by atoms with E-state index in [0.717, 1.165) is 18.9 Å². The SMILES string of the molecule is COC(=O)c1ccc(F)c(NC(=O)C2CC2)c1. The van der Waals surface area contributed by atoms with Gasteiger partial charge in [0, 0.05) is 5.92 Å². The molecule has 1 saturated carbocycles. The number of halogens is 1. The number of carbonyl (C=O) groups excluding carboxylic acids is 2. The Kier molecular flexibility index (Phi) is 3.08. The van der Waals surface area contributed by atoms with Gasteiger partial charge < -0.3 is 10.1 Å². The molecule has 1 amide bonds. The van der Waals surface area contributed by atoms with Crippen molar-refractivity contribution in [1.29, 1.82) is 0 Å². The number of rotatable bonds is 3. The molecule has 0 aliphatic heterocycles. The molecule has 1 fully saturated rings. The summed E-state index contributed by atoms with van der Waals surface area (Å²) in [6, 6.07) is 3.73. The lowest BCUT2D eigenvalue weighted by molar-refractivity contribution is -0.117. The average Bonchev–Trinajstić information content (AvgIpc) is 3.14. The van der Waals surface area contributed by atoms with E-state index in [1.54, 1.807) is 0 Å². The van der Waals surface area contributed by atoms with Gasteiger partial charge in [0.1, 0.15) is 5.82 Å². The zero-order chi connectivity index (χ0) is 12.4. The first-order chi connectivity index (χ1) is 8.11. The van der Waals surface area contributed by atoms with E-state index >= 15 is 0 Å². The Balaban J connectivity index is 2.19. The van der Waals surface area contributed by atoms with Crippen molar-refractivity contribution in [1.82, 2.24) is 0 Å². The number of ether oxygens (including phenoxy) is 1. The van der Waals surface area contributed by atoms with Gasteiger partial charge in [-0.05, 0) is 31.0 Å². The number of hydrogen-bond acceptors (Lipinski definition) is 3. The second-order valence-electron chi connectivity index (χ2n) is 3.95. The first-order valence-corrected chi connectivity index (χ1v) is 5.30. The third kappa shape index (κ3) is 2.61. The summed E-state index contributed by atoms with van der Waals surface area (Å²) in [5.41, 5.74) is 0.227. The highest BCUT2D eigenvalue weighted by Gasteiger charge is 2.30. The number of methoxy groups -OCH3 is 1. The van der Waals surface area contributed by atoms with Gasteiger partial charge >= 0.3 is 5.97 Å². The Morgan fingerprint density at radius 3 is 2.71 bits per heavy atom. The van der Waals surface area contributed by atoms with Gasteiger partial charge in [-0.3, -0.25) is 4.79 Å². The van der Waals surface area contributed by atoms with E-state index in [2.05, 4.69) is 10.1 Å². The number of hydrogen-bond donors (Lipinski definition) is 1. The zero-order valence-corrected chi connectivity index (χ0v) is 9.33. The first-order valence-electron chi connectivity index (χ1n) is 5.30. The van der Waals surface area contributed by atoms with Crippen molar-refractivity contribution in [3.63, 3.8) is 0 Å². The largest absolute Gasteiger partial charge is 0.465 e. The van der Waals surface area contributed by atoms with Crippen molar-refractivity contribution in [2.75, 3.05) is 12.4 Å². The lowest BCUT2D eigenvalue weighted by Gasteiger charge is -2.07. The van der Waals surface area contributed by atoms with Crippen molar-refractivity contribution in [3.8, 4) is 0 Å². The summed E-state index contributed by atoms with van der Waals surface area (Å²) in [6.45, 7) is 0. The molecule has 0 atom stereocenters. The van der Waals surface area contributed by atoms with E-state index in [0.29, 0.717) is 0 Å². The maximum atomic E-state index is 13.4. The van der Waals surface area contributed by atoms with E-state index < -0.39 is 11.8 Å². The Labute approximate surface area is 97.8 Å². The predicted molar refractivity (Wildman–Crippen MR) is 59.1 cm³/mol. The second-order valence-corrected chi connectivity index (χ2v) is 3.95. The standard InChI is InChI=1S/C12H12FNO3/c1-17-12(16)8-4-5-9(13)10(6-8)14-11(15)7-2-3-7/h4-7H,2-3H2,1H3,(H,14,15). The summed E-state index contributed by atoms with van der Waals surface area (Å²) in [5.74, 6) is -1.35. The smallest absolute Gasteiger partial charge is 0.337 e. The average molecular weight is 237 g/mol. The monoisotopic (exact) mass is 237 g/mol. The summed E-state index contributed by atoms with van der Waals surface area (Å²) < 4.78 is 17.9. The van der Waals surface area contributed by atoms with Crippen molar-refractivity contribution in [2.45, 2.75) is 12.8 Å². The Morgan fingerprint density at radius 2 is 2.12 bits per heavy atom. The molecule has 0 bridgehead atoms. The fraction of sp³-hybridized carbons (Fsp3) is 0.333. The lowest BCUT2D eigenvalue weighted by Crippen LogP contribution is -2.15. The van der Waals surface area contributed by atoms with Crippen LogP contribution in [0.2, 0.25) is 0 Å². The highest BCUT2D eigenvalue weighted by atomic mass is 19.1. The van der Waals surface area contributed by atoms with Crippen molar-refractivity contribution in [3.05, 3.63) is 29.6 Å². The maximum absolute atomic E-state index is 13.4. The van der Waals surface area contributed by atoms with Crippen LogP contribution in [0.25, 0.3) is 0 Å². The molecular formula is C12H12FNO3. The van der Waals surface area contributed by atoms with E-state index in [1.807, 2.05) is 0 Å². The quantitative estimate of drug-likeness (QED) is 0.817. The lowest BCUT2D eigenvalue weighted by atomic mass is 10.2. The van der Waals surface area contributed by atoms with Gasteiger partial charge in [0.05, 0.1) is 18.4 Å². The summed E-state index contributed by atoms with van der Waals surface area (Å²) in [5, 5.41) is 2.47. The summed E-state index contributed by atoms with van der Waals surface area (Å²) in [7, 11) is 1.24. The Hall–Kier alpha value is -1.91. The second kappa shape index (κ2) is 4.53. The van der Waals surface area contributed by atoms with Crippen LogP contribution in [0.1, 0.15) is 23.2 Å². The first kappa shape index (κ1) is 11.6. The van der Waals surface area contributed by atoms with Crippen molar-refractivity contribution >= 4 is 17.6 Å². The molecule has 0 radical (unpaired) electrons. The molecule has 0 heterocycles. The molecule has 1 aromatic rings. The van der Waals surface area contributed by atoms with Crippen LogP contribution in [0, 0.1) is 11.7 Å². The molecule has 0 saturated heterocycles. The minimum Gasteiger partial charge on any atom is -0.465 e. The minimum absolute atomic E-state index is 0.0174. The molecule has 1 aliphatic rings. The van der Waals surface area contributed by atoms with Crippen LogP contribution in [-0.2, 0) is 9.53 Å². The molecule has 2 rings (SSSR count). The van der Waals surface area contributed by atoms with Gasteiger partial charge in [0.25, 0.3) is 0 Å². The number of carbonyl (C=O) groups is 2. The molecule has 0 unspecified atom stereocenters. The third-order valence-corrected chi connectivity index (χ3v) is 2.59. The van der Waals surface area contributed by atoms with Gasteiger partial charge in [-0.2, -0.15) is 0 Å². The molecule has 1 aromatic carbocycles. The van der Waals surface area contributed by atoms with Crippen LogP contribution < -0.4 is 5.32 Å². The fourth-order valence-electron chi connectivity index (χ4n) is 1.45. The topological polar surface area (TPSA) is 55.4 Å². The summed E-state index contributed by atoms with van der Waals surface area (Å²) in [4.78, 5) is 22.7. The predicted octanol–water partition coefficient (Wildman–Crippen LogP) is 1.96. The highest BCUT2D eigenvalue weighted by Crippen LogP contribution is 2.30. The summed E-state index contributed by atoms with van der Waals surface area (Å²) in [6.07, 6.45) is 1.67. The normalized spacial score (nSPS) is 14.2. The van der Waals surface area contributed by atoms with E-state index in [9.17, 15) is 14.0 Å². The van der Waals surface area contributed by atoms with Gasteiger partial charge in [-0.15, -0.1) is 0 Å². The molecule has 4 nitrogen and oxygen atoms in total. The molecule has 1 aliphatic carbocycles. The number of amides is 1. The molecule has 0 aromatic heterocycles. The minimum atomic E-state index is -0.563. The molecule has 5 heteroatoms. The number of anilines is 1. The van der Waals surface area contributed by atoms with Crippen molar-refractivity contribution < 1.29 is 18.7 Å². The van der Waals surface area contributed by atoms with Crippen LogP contribution in [0.5, 0.6) is 0 Å². The van der Waals surface area contributed by atoms with E-state index in [4.69, 9.17) is 0 Å². The Morgan fingerprint density at radius 1 is 1.41 bits per heavy atom. The number of esters is 1. The van der Waals surface area contributed by atoms with E-state index in [-0.39, 0.29) is 23.1 Å². The van der Waals surface area contributed by atoms with Gasteiger partial charge in [0.15, 0.2) is 0 Å². The van der Waals surface area contributed by atoms with Crippen LogP contribution in [0.3, 0.4) is 0 Å². The molecule has 0 spiro atoms. The molecule has 1 N–H and O–H groups in total. The van der Waals surface area contributed by atoms with Crippen LogP contribution in [-0.4, -0.2) is 19.0 Å². The molecule has 90 valence electrons. The summed E-state index contributed by atoms with van der Waals surface area (Å²) >= 11 is 0. The van der Waals surface area contributed by atoms with Gasteiger partial charge in [-0.1, -0.05) is 0 Å². The third-order valence-electron chi connectivity index (χ3n) is 2.59. The van der Waals surface area contributed by atoms with Crippen LogP contribution >= 0.6 is 0 Å². The number of nitrogens with one attached hydrogen (secondary N) is 1. The molecule has 17 heavy (non-hydrogen) atoms. The maximum Gasteiger partial charge on any atom is 0.337 e.